The van der Waals surface area contributed by atoms with Crippen LogP contribution < -0.4 is 4.74 Å². The highest BCUT2D eigenvalue weighted by atomic mass is 32.2. The normalized spacial score (nSPS) is 19.9. The Kier molecular flexibility index (Phi) is 4.88. The van der Waals surface area contributed by atoms with Crippen LogP contribution in [0.5, 0.6) is 5.75 Å². The van der Waals surface area contributed by atoms with Crippen LogP contribution in [0.25, 0.3) is 0 Å². The molecule has 0 saturated carbocycles. The summed E-state index contributed by atoms with van der Waals surface area (Å²) < 4.78 is 28.4. The highest BCUT2D eigenvalue weighted by molar-refractivity contribution is 7.91. The van der Waals surface area contributed by atoms with E-state index in [2.05, 4.69) is 0 Å². The summed E-state index contributed by atoms with van der Waals surface area (Å²) in [5.74, 6) is -0.947. The van der Waals surface area contributed by atoms with E-state index in [9.17, 15) is 18.3 Å². The van der Waals surface area contributed by atoms with Gasteiger partial charge in [0.15, 0.2) is 0 Å². The van der Waals surface area contributed by atoms with Crippen molar-refractivity contribution < 1.29 is 23.1 Å². The van der Waals surface area contributed by atoms with E-state index < -0.39 is 21.7 Å². The molecule has 1 aromatic rings. The molecule has 1 N–H and O–H groups in total. The maximum absolute atomic E-state index is 11.4. The van der Waals surface area contributed by atoms with Crippen molar-refractivity contribution in [1.82, 2.24) is 0 Å². The Labute approximate surface area is 124 Å². The van der Waals surface area contributed by atoms with E-state index in [0.717, 1.165) is 5.56 Å². The zero-order valence-corrected chi connectivity index (χ0v) is 12.8. The number of sulfone groups is 1. The minimum atomic E-state index is -2.98. The number of carboxylic acids is 1. The third-order valence-electron chi connectivity index (χ3n) is 3.94. The second-order valence-corrected chi connectivity index (χ2v) is 7.86. The van der Waals surface area contributed by atoms with Crippen LogP contribution >= 0.6 is 0 Å². The van der Waals surface area contributed by atoms with Crippen LogP contribution in [0.3, 0.4) is 0 Å². The summed E-state index contributed by atoms with van der Waals surface area (Å²) in [5, 5.41) is 9.35. The van der Waals surface area contributed by atoms with E-state index in [1.54, 1.807) is 12.1 Å². The quantitative estimate of drug-likeness (QED) is 0.898. The van der Waals surface area contributed by atoms with Crippen LogP contribution in [0, 0.1) is 18.8 Å². The molecule has 0 radical (unpaired) electrons. The molecule has 0 aromatic heterocycles. The van der Waals surface area contributed by atoms with Crippen LogP contribution in [0.2, 0.25) is 0 Å². The van der Waals surface area contributed by atoms with Crippen molar-refractivity contribution in [3.8, 4) is 5.75 Å². The average molecular weight is 312 g/mol. The summed E-state index contributed by atoms with van der Waals surface area (Å²) in [6.45, 7) is 2.04. The molecule has 1 aliphatic heterocycles. The summed E-state index contributed by atoms with van der Waals surface area (Å²) in [4.78, 5) is 11.4. The first kappa shape index (κ1) is 15.8. The van der Waals surface area contributed by atoms with Gasteiger partial charge in [-0.05, 0) is 37.8 Å². The second-order valence-electron chi connectivity index (χ2n) is 5.56. The summed E-state index contributed by atoms with van der Waals surface area (Å²) in [5.41, 5.74) is 1.11. The van der Waals surface area contributed by atoms with E-state index in [1.807, 2.05) is 19.1 Å². The van der Waals surface area contributed by atoms with Gasteiger partial charge in [-0.1, -0.05) is 17.7 Å². The van der Waals surface area contributed by atoms with Gasteiger partial charge in [-0.2, -0.15) is 0 Å². The Balaban J connectivity index is 1.96. The fourth-order valence-corrected chi connectivity index (χ4v) is 4.07. The fourth-order valence-electron chi connectivity index (χ4n) is 2.54. The third-order valence-corrected chi connectivity index (χ3v) is 5.65. The Morgan fingerprint density at radius 1 is 1.29 bits per heavy atom. The SMILES string of the molecule is Cc1ccc(OCC(C(=O)O)C2CCS(=O)(=O)CC2)cc1. The number of rotatable bonds is 5. The van der Waals surface area contributed by atoms with Crippen LogP contribution in [0.4, 0.5) is 0 Å². The molecule has 0 bridgehead atoms. The monoisotopic (exact) mass is 312 g/mol. The van der Waals surface area contributed by atoms with Crippen molar-refractivity contribution in [3.05, 3.63) is 29.8 Å². The van der Waals surface area contributed by atoms with Gasteiger partial charge in [-0.25, -0.2) is 8.42 Å². The van der Waals surface area contributed by atoms with Crippen molar-refractivity contribution in [1.29, 1.82) is 0 Å². The number of ether oxygens (including phenoxy) is 1. The molecular weight excluding hydrogens is 292 g/mol. The molecule has 1 unspecified atom stereocenters. The summed E-state index contributed by atoms with van der Waals surface area (Å²) in [7, 11) is -2.98. The first-order valence-corrected chi connectivity index (χ1v) is 8.82. The number of carbonyl (C=O) groups is 1. The highest BCUT2D eigenvalue weighted by Gasteiger charge is 2.34. The second kappa shape index (κ2) is 6.47. The van der Waals surface area contributed by atoms with Gasteiger partial charge < -0.3 is 9.84 Å². The summed E-state index contributed by atoms with van der Waals surface area (Å²) in [6.07, 6.45) is 0.799. The minimum absolute atomic E-state index is 0.0725. The van der Waals surface area contributed by atoms with Gasteiger partial charge in [0, 0.05) is 0 Å². The van der Waals surface area contributed by atoms with Gasteiger partial charge in [-0.3, -0.25) is 4.79 Å². The van der Waals surface area contributed by atoms with E-state index >= 15 is 0 Å². The number of aryl methyl sites for hydroxylation is 1. The van der Waals surface area contributed by atoms with Crippen molar-refractivity contribution in [2.75, 3.05) is 18.1 Å². The Morgan fingerprint density at radius 2 is 1.86 bits per heavy atom. The Morgan fingerprint density at radius 3 is 2.38 bits per heavy atom. The maximum Gasteiger partial charge on any atom is 0.310 e. The van der Waals surface area contributed by atoms with Gasteiger partial charge in [-0.15, -0.1) is 0 Å². The smallest absolute Gasteiger partial charge is 0.310 e. The van der Waals surface area contributed by atoms with E-state index in [4.69, 9.17) is 4.74 Å². The number of hydrogen-bond acceptors (Lipinski definition) is 4. The molecule has 1 fully saturated rings. The molecule has 6 heteroatoms. The zero-order valence-electron chi connectivity index (χ0n) is 12.0. The van der Waals surface area contributed by atoms with Crippen molar-refractivity contribution in [2.24, 2.45) is 11.8 Å². The van der Waals surface area contributed by atoms with Crippen molar-refractivity contribution in [2.45, 2.75) is 19.8 Å². The highest BCUT2D eigenvalue weighted by Crippen LogP contribution is 2.27. The van der Waals surface area contributed by atoms with E-state index in [-0.39, 0.29) is 24.0 Å². The number of benzene rings is 1. The van der Waals surface area contributed by atoms with Gasteiger partial charge in [0.05, 0.1) is 17.4 Å². The lowest BCUT2D eigenvalue weighted by Crippen LogP contribution is -2.35. The Bertz CT molecular complexity index is 577. The van der Waals surface area contributed by atoms with Crippen molar-refractivity contribution >= 4 is 15.8 Å². The molecule has 0 amide bonds. The number of aliphatic carboxylic acids is 1. The number of carboxylic acid groups (broad SMARTS) is 1. The van der Waals surface area contributed by atoms with Crippen molar-refractivity contribution in [3.63, 3.8) is 0 Å². The minimum Gasteiger partial charge on any atom is -0.493 e. The molecule has 1 aliphatic rings. The van der Waals surface area contributed by atoms with E-state index in [1.165, 1.54) is 0 Å². The van der Waals surface area contributed by atoms with Gasteiger partial charge >= 0.3 is 5.97 Å². The number of hydrogen-bond donors (Lipinski definition) is 1. The standard InChI is InChI=1S/C15H20O5S/c1-11-2-4-13(5-3-11)20-10-14(15(16)17)12-6-8-21(18,19)9-7-12/h2-5,12,14H,6-10H2,1H3,(H,16,17). The zero-order chi connectivity index (χ0) is 15.5. The first-order valence-electron chi connectivity index (χ1n) is 7.00. The molecule has 0 spiro atoms. The van der Waals surface area contributed by atoms with Crippen LogP contribution in [-0.2, 0) is 14.6 Å². The molecule has 1 saturated heterocycles. The van der Waals surface area contributed by atoms with Gasteiger partial charge in [0.25, 0.3) is 0 Å². The molecule has 1 atom stereocenters. The fraction of sp³-hybridized carbons (Fsp3) is 0.533. The van der Waals surface area contributed by atoms with Crippen LogP contribution in [0.1, 0.15) is 18.4 Å². The van der Waals surface area contributed by atoms with Crippen LogP contribution in [0.15, 0.2) is 24.3 Å². The summed E-state index contributed by atoms with van der Waals surface area (Å²) >= 11 is 0. The maximum atomic E-state index is 11.4. The van der Waals surface area contributed by atoms with Gasteiger partial charge in [0.2, 0.25) is 0 Å². The largest absolute Gasteiger partial charge is 0.493 e. The molecule has 0 aliphatic carbocycles. The molecule has 116 valence electrons. The molecule has 5 nitrogen and oxygen atoms in total. The molecule has 1 aromatic carbocycles. The average Bonchev–Trinajstić information content (AvgIpc) is 2.42. The topological polar surface area (TPSA) is 80.7 Å². The lowest BCUT2D eigenvalue weighted by atomic mass is 9.88. The molecule has 21 heavy (non-hydrogen) atoms. The molecular formula is C15H20O5S. The first-order chi connectivity index (χ1) is 9.87. The molecule has 1 heterocycles. The Hall–Kier alpha value is -1.56. The van der Waals surface area contributed by atoms with Gasteiger partial charge in [0.1, 0.15) is 22.2 Å². The predicted molar refractivity (Wildman–Crippen MR) is 79.2 cm³/mol. The lowest BCUT2D eigenvalue weighted by molar-refractivity contribution is -0.145. The lowest BCUT2D eigenvalue weighted by Gasteiger charge is -2.27. The summed E-state index contributed by atoms with van der Waals surface area (Å²) in [6, 6.07) is 7.41. The van der Waals surface area contributed by atoms with E-state index in [0.29, 0.717) is 18.6 Å². The predicted octanol–water partition coefficient (Wildman–Crippen LogP) is 1.90. The third kappa shape index (κ3) is 4.46. The molecule has 2 rings (SSSR count). The van der Waals surface area contributed by atoms with Crippen LogP contribution in [-0.4, -0.2) is 37.6 Å².